The smallest absolute Gasteiger partial charge is 0.141 e. The molecule has 0 atom stereocenters. The average molecular weight is 88.9 g/mol. The maximum atomic E-state index is 5.25. The SMILES string of the molecule is [B]c1ccccn1. The zero-order valence-corrected chi connectivity index (χ0v) is 3.83. The Bertz CT molecular complexity index is 138. The van der Waals surface area contributed by atoms with E-state index >= 15 is 0 Å². The Kier molecular flexibility index (Phi) is 1.11. The van der Waals surface area contributed by atoms with Gasteiger partial charge in [0.2, 0.25) is 0 Å². The third-order valence-corrected chi connectivity index (χ3v) is 0.688. The predicted octanol–water partition coefficient (Wildman–Crippen LogP) is -0.125. The molecule has 1 rings (SSSR count). The third kappa shape index (κ3) is 1.04. The molecule has 0 bridgehead atoms. The molecule has 0 aliphatic rings. The van der Waals surface area contributed by atoms with Gasteiger partial charge in [0.1, 0.15) is 7.85 Å². The zero-order valence-electron chi connectivity index (χ0n) is 3.83. The molecule has 1 aromatic heterocycles. The van der Waals surface area contributed by atoms with Crippen LogP contribution in [0.15, 0.2) is 24.4 Å². The molecule has 1 nitrogen and oxygen atoms in total. The molecule has 0 saturated heterocycles. The Morgan fingerprint density at radius 3 is 2.57 bits per heavy atom. The number of rotatable bonds is 0. The first-order valence-corrected chi connectivity index (χ1v) is 2.06. The van der Waals surface area contributed by atoms with E-state index < -0.39 is 0 Å². The van der Waals surface area contributed by atoms with E-state index in [1.165, 1.54) is 0 Å². The van der Waals surface area contributed by atoms with E-state index in [0.29, 0.717) is 5.59 Å². The van der Waals surface area contributed by atoms with Crippen molar-refractivity contribution in [2.45, 2.75) is 0 Å². The second kappa shape index (κ2) is 1.78. The zero-order chi connectivity index (χ0) is 5.11. The highest BCUT2D eigenvalue weighted by Gasteiger charge is 1.73. The first-order valence-electron chi connectivity index (χ1n) is 2.06. The van der Waals surface area contributed by atoms with Gasteiger partial charge in [-0.2, -0.15) is 0 Å². The standard InChI is InChI=1S/C5H4BN/c6-5-3-1-2-4-7-5/h1-4H. The van der Waals surface area contributed by atoms with E-state index in [1.807, 2.05) is 12.1 Å². The lowest BCUT2D eigenvalue weighted by Crippen LogP contribution is -2.04. The first-order chi connectivity index (χ1) is 3.39. The van der Waals surface area contributed by atoms with Crippen molar-refractivity contribution in [3.63, 3.8) is 0 Å². The van der Waals surface area contributed by atoms with Crippen molar-refractivity contribution in [1.82, 2.24) is 4.98 Å². The first kappa shape index (κ1) is 4.38. The van der Waals surface area contributed by atoms with Gasteiger partial charge in [-0.15, -0.1) is 0 Å². The van der Waals surface area contributed by atoms with Crippen molar-refractivity contribution >= 4 is 13.4 Å². The highest BCUT2D eigenvalue weighted by atomic mass is 14.6. The quantitative estimate of drug-likeness (QED) is 0.403. The fourth-order valence-corrected chi connectivity index (χ4v) is 0.376. The molecule has 32 valence electrons. The van der Waals surface area contributed by atoms with Crippen LogP contribution in [0.1, 0.15) is 0 Å². The van der Waals surface area contributed by atoms with Crippen molar-refractivity contribution in [1.29, 1.82) is 0 Å². The average Bonchev–Trinajstić information content (AvgIpc) is 1.69. The van der Waals surface area contributed by atoms with Gasteiger partial charge >= 0.3 is 0 Å². The lowest BCUT2D eigenvalue weighted by atomic mass is 10.1. The molecule has 1 aromatic rings. The van der Waals surface area contributed by atoms with Gasteiger partial charge in [0.05, 0.1) is 0 Å². The summed E-state index contributed by atoms with van der Waals surface area (Å²) in [6.07, 6.45) is 1.66. The number of pyridine rings is 1. The molecule has 0 aromatic carbocycles. The van der Waals surface area contributed by atoms with Crippen LogP contribution in [-0.4, -0.2) is 12.8 Å². The van der Waals surface area contributed by atoms with Gasteiger partial charge in [0, 0.05) is 6.20 Å². The molecular formula is C5H4BN. The minimum Gasteiger partial charge on any atom is -0.273 e. The van der Waals surface area contributed by atoms with Crippen LogP contribution in [0.2, 0.25) is 0 Å². The summed E-state index contributed by atoms with van der Waals surface area (Å²) in [7, 11) is 5.25. The molecule has 0 spiro atoms. The fraction of sp³-hybridized carbons (Fsp3) is 0. The summed E-state index contributed by atoms with van der Waals surface area (Å²) in [5.74, 6) is 0. The van der Waals surface area contributed by atoms with Crippen LogP contribution in [-0.2, 0) is 0 Å². The molecule has 7 heavy (non-hydrogen) atoms. The molecule has 0 saturated carbocycles. The van der Waals surface area contributed by atoms with E-state index in [1.54, 1.807) is 12.3 Å². The van der Waals surface area contributed by atoms with Gasteiger partial charge < -0.3 is 0 Å². The summed E-state index contributed by atoms with van der Waals surface area (Å²) in [6.45, 7) is 0. The second-order valence-corrected chi connectivity index (χ2v) is 1.25. The maximum absolute atomic E-state index is 5.25. The summed E-state index contributed by atoms with van der Waals surface area (Å²) < 4.78 is 0. The number of hydrogen-bond donors (Lipinski definition) is 0. The van der Waals surface area contributed by atoms with Gasteiger partial charge in [-0.25, -0.2) is 0 Å². The molecule has 0 aliphatic carbocycles. The Balaban J connectivity index is 3.02. The maximum Gasteiger partial charge on any atom is 0.141 e. The number of hydrogen-bond acceptors (Lipinski definition) is 1. The van der Waals surface area contributed by atoms with Gasteiger partial charge in [0.25, 0.3) is 0 Å². The molecule has 0 unspecified atom stereocenters. The van der Waals surface area contributed by atoms with Gasteiger partial charge in [0.15, 0.2) is 0 Å². The van der Waals surface area contributed by atoms with Crippen molar-refractivity contribution in [3.8, 4) is 0 Å². The summed E-state index contributed by atoms with van der Waals surface area (Å²) in [5.41, 5.74) is 0.572. The van der Waals surface area contributed by atoms with Crippen molar-refractivity contribution in [2.75, 3.05) is 0 Å². The lowest BCUT2D eigenvalue weighted by molar-refractivity contribution is 1.39. The number of aromatic nitrogens is 1. The normalized spacial score (nSPS) is 8.57. The second-order valence-electron chi connectivity index (χ2n) is 1.25. The highest BCUT2D eigenvalue weighted by Crippen LogP contribution is 1.70. The van der Waals surface area contributed by atoms with Gasteiger partial charge in [-0.1, -0.05) is 12.1 Å². The lowest BCUT2D eigenvalue weighted by Gasteiger charge is -1.82. The Labute approximate surface area is 43.8 Å². The molecule has 0 N–H and O–H groups in total. The van der Waals surface area contributed by atoms with E-state index in [-0.39, 0.29) is 0 Å². The van der Waals surface area contributed by atoms with Crippen LogP contribution in [0, 0.1) is 0 Å². The molecule has 0 fully saturated rings. The van der Waals surface area contributed by atoms with Crippen LogP contribution in [0.4, 0.5) is 0 Å². The fourth-order valence-electron chi connectivity index (χ4n) is 0.376. The minimum absolute atomic E-state index is 0.572. The Morgan fingerprint density at radius 1 is 1.43 bits per heavy atom. The van der Waals surface area contributed by atoms with Crippen LogP contribution in [0.25, 0.3) is 0 Å². The molecule has 0 amide bonds. The van der Waals surface area contributed by atoms with E-state index in [2.05, 4.69) is 4.98 Å². The van der Waals surface area contributed by atoms with E-state index in [4.69, 9.17) is 7.85 Å². The molecule has 2 heteroatoms. The largest absolute Gasteiger partial charge is 0.273 e. The predicted molar refractivity (Wildman–Crippen MR) is 29.6 cm³/mol. The van der Waals surface area contributed by atoms with Gasteiger partial charge in [-0.05, 0) is 11.7 Å². The molecule has 1 heterocycles. The van der Waals surface area contributed by atoms with E-state index in [0.717, 1.165) is 0 Å². The molecule has 0 aliphatic heterocycles. The van der Waals surface area contributed by atoms with Crippen LogP contribution < -0.4 is 5.59 Å². The Morgan fingerprint density at radius 2 is 2.29 bits per heavy atom. The van der Waals surface area contributed by atoms with Crippen molar-refractivity contribution < 1.29 is 0 Å². The summed E-state index contributed by atoms with van der Waals surface area (Å²) in [4.78, 5) is 3.76. The number of nitrogens with zero attached hydrogens (tertiary/aromatic N) is 1. The highest BCUT2D eigenvalue weighted by molar-refractivity contribution is 6.30. The van der Waals surface area contributed by atoms with Crippen LogP contribution in [0.3, 0.4) is 0 Å². The summed E-state index contributed by atoms with van der Waals surface area (Å²) in [5, 5.41) is 0. The monoisotopic (exact) mass is 89.0 g/mol. The van der Waals surface area contributed by atoms with Crippen LogP contribution in [0.5, 0.6) is 0 Å². The van der Waals surface area contributed by atoms with Crippen LogP contribution >= 0.6 is 0 Å². The summed E-state index contributed by atoms with van der Waals surface area (Å²) in [6, 6.07) is 5.43. The Hall–Kier alpha value is -0.785. The third-order valence-electron chi connectivity index (χ3n) is 0.688. The molecule has 2 radical (unpaired) electrons. The minimum atomic E-state index is 0.572. The summed E-state index contributed by atoms with van der Waals surface area (Å²) >= 11 is 0. The topological polar surface area (TPSA) is 12.9 Å². The van der Waals surface area contributed by atoms with E-state index in [9.17, 15) is 0 Å². The van der Waals surface area contributed by atoms with Gasteiger partial charge in [-0.3, -0.25) is 4.98 Å². The van der Waals surface area contributed by atoms with Crippen molar-refractivity contribution in [3.05, 3.63) is 24.4 Å². The molecular weight excluding hydrogens is 84.9 g/mol. The van der Waals surface area contributed by atoms with Crippen molar-refractivity contribution in [2.24, 2.45) is 0 Å².